The molecule has 0 aromatic carbocycles. The van der Waals surface area contributed by atoms with Crippen LogP contribution in [0.15, 0.2) is 22.9 Å². The van der Waals surface area contributed by atoms with E-state index >= 15 is 0 Å². The van der Waals surface area contributed by atoms with Crippen LogP contribution in [0.5, 0.6) is 0 Å². The van der Waals surface area contributed by atoms with Crippen molar-refractivity contribution in [2.45, 2.75) is 19.4 Å². The number of hydrogen-bond donors (Lipinski definition) is 1. The molecule has 1 N–H and O–H groups in total. The molecule has 1 aromatic rings. The van der Waals surface area contributed by atoms with Gasteiger partial charge < -0.3 is 10.2 Å². The third-order valence-electron chi connectivity index (χ3n) is 3.21. The predicted octanol–water partition coefficient (Wildman–Crippen LogP) is 2.70. The molecule has 102 valence electrons. The Bertz CT molecular complexity index is 356. The molecule has 1 atom stereocenters. The van der Waals surface area contributed by atoms with Crippen molar-refractivity contribution >= 4 is 28.3 Å². The second-order valence-electron chi connectivity index (χ2n) is 4.90. The summed E-state index contributed by atoms with van der Waals surface area (Å²) in [5.74, 6) is 0.805. The van der Waals surface area contributed by atoms with E-state index in [0.717, 1.165) is 17.1 Å². The summed E-state index contributed by atoms with van der Waals surface area (Å²) >= 11 is 3.41. The Morgan fingerprint density at radius 3 is 3.06 bits per heavy atom. The number of nitrogens with zero attached hydrogens (tertiary/aromatic N) is 2. The Hall–Kier alpha value is -0.160. The van der Waals surface area contributed by atoms with Gasteiger partial charge in [0.05, 0.1) is 0 Å². The van der Waals surface area contributed by atoms with Crippen LogP contribution in [0.3, 0.4) is 0 Å². The topological polar surface area (TPSA) is 28.2 Å². The Labute approximate surface area is 124 Å². The molecule has 2 rings (SSSR count). The summed E-state index contributed by atoms with van der Waals surface area (Å²) in [6.07, 6.45) is 4.53. The zero-order valence-electron chi connectivity index (χ0n) is 10.7. The minimum absolute atomic E-state index is 0. The first-order valence-corrected chi connectivity index (χ1v) is 7.03. The molecular weight excluding hydrogens is 314 g/mol. The van der Waals surface area contributed by atoms with Crippen molar-refractivity contribution in [2.75, 3.05) is 26.7 Å². The maximum absolute atomic E-state index is 4.15. The first kappa shape index (κ1) is 15.9. The highest BCUT2D eigenvalue weighted by Crippen LogP contribution is 2.14. The average Bonchev–Trinajstić information content (AvgIpc) is 2.30. The van der Waals surface area contributed by atoms with Crippen LogP contribution in [-0.4, -0.2) is 36.6 Å². The molecule has 0 spiro atoms. The average molecular weight is 335 g/mol. The van der Waals surface area contributed by atoms with Crippen molar-refractivity contribution in [2.24, 2.45) is 5.92 Å². The molecule has 1 fully saturated rings. The lowest BCUT2D eigenvalue weighted by molar-refractivity contribution is 0.237. The molecule has 1 aliphatic heterocycles. The molecule has 0 radical (unpaired) electrons. The molecule has 1 unspecified atom stereocenters. The summed E-state index contributed by atoms with van der Waals surface area (Å²) in [6.45, 7) is 4.53. The van der Waals surface area contributed by atoms with Crippen molar-refractivity contribution in [3.63, 3.8) is 0 Å². The summed E-state index contributed by atoms with van der Waals surface area (Å²) in [5, 5.41) is 3.47. The number of nitrogens with one attached hydrogen (secondary N) is 1. The van der Waals surface area contributed by atoms with Gasteiger partial charge in [0.2, 0.25) is 0 Å². The van der Waals surface area contributed by atoms with Crippen LogP contribution in [0.1, 0.15) is 18.4 Å². The summed E-state index contributed by atoms with van der Waals surface area (Å²) in [5.41, 5.74) is 1.32. The SMILES string of the molecule is CN(Cc1ccnc(Br)c1)CC1CCCNC1.Cl. The molecular formula is C13H21BrClN3. The van der Waals surface area contributed by atoms with Crippen LogP contribution < -0.4 is 5.32 Å². The van der Waals surface area contributed by atoms with E-state index in [1.165, 1.54) is 38.0 Å². The van der Waals surface area contributed by atoms with Gasteiger partial charge in [-0.2, -0.15) is 0 Å². The molecule has 5 heteroatoms. The monoisotopic (exact) mass is 333 g/mol. The smallest absolute Gasteiger partial charge is 0.106 e. The van der Waals surface area contributed by atoms with Gasteiger partial charge in [-0.15, -0.1) is 12.4 Å². The first-order chi connectivity index (χ1) is 8.24. The number of rotatable bonds is 4. The number of aromatic nitrogens is 1. The standard InChI is InChI=1S/C13H20BrN3.ClH/c1-17(10-12-3-2-5-15-8-12)9-11-4-6-16-13(14)7-11;/h4,6-7,12,15H,2-3,5,8-10H2,1H3;1H. The lowest BCUT2D eigenvalue weighted by Crippen LogP contribution is -2.36. The number of pyridine rings is 1. The van der Waals surface area contributed by atoms with Gasteiger partial charge in [-0.1, -0.05) is 0 Å². The molecule has 0 amide bonds. The molecule has 1 saturated heterocycles. The minimum Gasteiger partial charge on any atom is -0.316 e. The van der Waals surface area contributed by atoms with Crippen LogP contribution in [0.4, 0.5) is 0 Å². The summed E-state index contributed by atoms with van der Waals surface area (Å²) in [6, 6.07) is 4.18. The van der Waals surface area contributed by atoms with Crippen LogP contribution in [0.2, 0.25) is 0 Å². The van der Waals surface area contributed by atoms with Gasteiger partial charge in [0.25, 0.3) is 0 Å². The normalized spacial score (nSPS) is 19.6. The van der Waals surface area contributed by atoms with Gasteiger partial charge in [0.1, 0.15) is 4.60 Å². The number of halogens is 2. The highest BCUT2D eigenvalue weighted by Gasteiger charge is 2.14. The highest BCUT2D eigenvalue weighted by atomic mass is 79.9. The van der Waals surface area contributed by atoms with Crippen molar-refractivity contribution in [3.8, 4) is 0 Å². The van der Waals surface area contributed by atoms with Gasteiger partial charge in [-0.05, 0) is 72.5 Å². The van der Waals surface area contributed by atoms with E-state index in [-0.39, 0.29) is 12.4 Å². The van der Waals surface area contributed by atoms with Crippen LogP contribution >= 0.6 is 28.3 Å². The van der Waals surface area contributed by atoms with E-state index in [2.05, 4.69) is 50.3 Å². The lowest BCUT2D eigenvalue weighted by Gasteiger charge is -2.27. The number of piperidine rings is 1. The zero-order chi connectivity index (χ0) is 12.1. The quantitative estimate of drug-likeness (QED) is 0.858. The van der Waals surface area contributed by atoms with Crippen molar-refractivity contribution < 1.29 is 0 Å². The maximum Gasteiger partial charge on any atom is 0.106 e. The molecule has 18 heavy (non-hydrogen) atoms. The fourth-order valence-electron chi connectivity index (χ4n) is 2.44. The van der Waals surface area contributed by atoms with Crippen LogP contribution in [-0.2, 0) is 6.54 Å². The molecule has 1 aromatic heterocycles. The van der Waals surface area contributed by atoms with Crippen LogP contribution in [0.25, 0.3) is 0 Å². The fourth-order valence-corrected chi connectivity index (χ4v) is 2.85. The molecule has 1 aliphatic rings. The molecule has 2 heterocycles. The largest absolute Gasteiger partial charge is 0.316 e. The van der Waals surface area contributed by atoms with E-state index in [1.54, 1.807) is 0 Å². The highest BCUT2D eigenvalue weighted by molar-refractivity contribution is 9.10. The second kappa shape index (κ2) is 8.10. The van der Waals surface area contributed by atoms with Gasteiger partial charge in [-0.25, -0.2) is 4.98 Å². The third-order valence-corrected chi connectivity index (χ3v) is 3.65. The van der Waals surface area contributed by atoms with Gasteiger partial charge in [-0.3, -0.25) is 0 Å². The molecule has 0 bridgehead atoms. The second-order valence-corrected chi connectivity index (χ2v) is 5.71. The molecule has 3 nitrogen and oxygen atoms in total. The summed E-state index contributed by atoms with van der Waals surface area (Å²) in [7, 11) is 2.20. The number of hydrogen-bond acceptors (Lipinski definition) is 3. The summed E-state index contributed by atoms with van der Waals surface area (Å²) in [4.78, 5) is 6.55. The Morgan fingerprint density at radius 1 is 1.56 bits per heavy atom. The van der Waals surface area contributed by atoms with Crippen molar-refractivity contribution in [1.82, 2.24) is 15.2 Å². The van der Waals surface area contributed by atoms with Crippen molar-refractivity contribution in [3.05, 3.63) is 28.5 Å². The van der Waals surface area contributed by atoms with Gasteiger partial charge in [0, 0.05) is 19.3 Å². The van der Waals surface area contributed by atoms with E-state index in [0.29, 0.717) is 0 Å². The van der Waals surface area contributed by atoms with E-state index in [1.807, 2.05) is 6.20 Å². The van der Waals surface area contributed by atoms with Gasteiger partial charge >= 0.3 is 0 Å². The molecule has 0 aliphatic carbocycles. The Morgan fingerprint density at radius 2 is 2.39 bits per heavy atom. The van der Waals surface area contributed by atoms with Crippen molar-refractivity contribution in [1.29, 1.82) is 0 Å². The van der Waals surface area contributed by atoms with E-state index in [9.17, 15) is 0 Å². The fraction of sp³-hybridized carbons (Fsp3) is 0.615. The summed E-state index contributed by atoms with van der Waals surface area (Å²) < 4.78 is 0.919. The van der Waals surface area contributed by atoms with E-state index < -0.39 is 0 Å². The maximum atomic E-state index is 4.15. The Kier molecular flexibility index (Phi) is 7.15. The van der Waals surface area contributed by atoms with Crippen LogP contribution in [0, 0.1) is 5.92 Å². The third kappa shape index (κ3) is 5.22. The lowest BCUT2D eigenvalue weighted by atomic mass is 9.99. The van der Waals surface area contributed by atoms with Gasteiger partial charge in [0.15, 0.2) is 0 Å². The first-order valence-electron chi connectivity index (χ1n) is 6.24. The zero-order valence-corrected chi connectivity index (χ0v) is 13.1. The predicted molar refractivity (Wildman–Crippen MR) is 81.1 cm³/mol. The van der Waals surface area contributed by atoms with E-state index in [4.69, 9.17) is 0 Å². The molecule has 0 saturated carbocycles. The Balaban J connectivity index is 0.00000162. The minimum atomic E-state index is 0.